The molecule has 5 nitrogen and oxygen atoms in total. The third kappa shape index (κ3) is 4.11. The van der Waals surface area contributed by atoms with Gasteiger partial charge < -0.3 is 15.1 Å². The molecular weight excluding hydrogens is 326 g/mol. The van der Waals surface area contributed by atoms with E-state index >= 15 is 0 Å². The van der Waals surface area contributed by atoms with E-state index in [4.69, 9.17) is 0 Å². The summed E-state index contributed by atoms with van der Waals surface area (Å²) in [5.41, 5.74) is 1.36. The second-order valence-corrected chi connectivity index (χ2v) is 5.90. The predicted molar refractivity (Wildman–Crippen MR) is 92.9 cm³/mol. The number of piperazine rings is 1. The highest BCUT2D eigenvalue weighted by Gasteiger charge is 2.17. The molecule has 1 aliphatic rings. The van der Waals surface area contributed by atoms with Gasteiger partial charge in [0.05, 0.1) is 0 Å². The van der Waals surface area contributed by atoms with Crippen LogP contribution in [0.3, 0.4) is 0 Å². The molecule has 0 radical (unpaired) electrons. The molecule has 25 heavy (non-hydrogen) atoms. The summed E-state index contributed by atoms with van der Waals surface area (Å²) in [5, 5.41) is 2.54. The Labute approximate surface area is 145 Å². The second kappa shape index (κ2) is 7.57. The lowest BCUT2D eigenvalue weighted by molar-refractivity contribution is 0.102. The Kier molecular flexibility index (Phi) is 5.23. The molecule has 0 aliphatic carbocycles. The fraction of sp³-hybridized carbons (Fsp3) is 0.333. The molecule has 1 aliphatic heterocycles. The van der Waals surface area contributed by atoms with Gasteiger partial charge in [-0.15, -0.1) is 0 Å². The first-order valence-corrected chi connectivity index (χ1v) is 8.26. The molecule has 1 saturated heterocycles. The molecule has 1 aromatic heterocycles. The van der Waals surface area contributed by atoms with E-state index in [-0.39, 0.29) is 11.4 Å². The van der Waals surface area contributed by atoms with Crippen LogP contribution < -0.4 is 10.2 Å². The van der Waals surface area contributed by atoms with E-state index in [0.717, 1.165) is 50.5 Å². The maximum absolute atomic E-state index is 13.2. The van der Waals surface area contributed by atoms with Crippen molar-refractivity contribution >= 4 is 17.3 Å². The number of nitrogens with one attached hydrogen (secondary N) is 1. The zero-order chi connectivity index (χ0) is 17.8. The molecule has 1 N–H and O–H groups in total. The summed E-state index contributed by atoms with van der Waals surface area (Å²) in [4.78, 5) is 21.0. The zero-order valence-corrected chi connectivity index (χ0v) is 14.0. The minimum atomic E-state index is -1.01. The second-order valence-electron chi connectivity index (χ2n) is 5.90. The van der Waals surface area contributed by atoms with Crippen LogP contribution in [0.5, 0.6) is 0 Å². The van der Waals surface area contributed by atoms with Crippen LogP contribution in [0, 0.1) is 11.6 Å². The minimum absolute atomic E-state index is 0.188. The smallest absolute Gasteiger partial charge is 0.274 e. The van der Waals surface area contributed by atoms with Crippen LogP contribution in [-0.4, -0.2) is 48.5 Å². The average molecular weight is 346 g/mol. The number of pyridine rings is 1. The summed E-state index contributed by atoms with van der Waals surface area (Å²) < 4.78 is 26.2. The lowest BCUT2D eigenvalue weighted by Crippen LogP contribution is -2.46. The lowest BCUT2D eigenvalue weighted by Gasteiger charge is -2.35. The summed E-state index contributed by atoms with van der Waals surface area (Å²) in [6.45, 7) is 6.92. The van der Waals surface area contributed by atoms with Gasteiger partial charge in [-0.1, -0.05) is 6.92 Å². The molecule has 0 spiro atoms. The summed E-state index contributed by atoms with van der Waals surface area (Å²) >= 11 is 0. The largest absolute Gasteiger partial charge is 0.369 e. The maximum atomic E-state index is 13.2. The fourth-order valence-corrected chi connectivity index (χ4v) is 2.83. The van der Waals surface area contributed by atoms with Crippen LogP contribution in [-0.2, 0) is 0 Å². The van der Waals surface area contributed by atoms with Gasteiger partial charge in [-0.3, -0.25) is 9.78 Å². The predicted octanol–water partition coefficient (Wildman–Crippen LogP) is 2.75. The van der Waals surface area contributed by atoms with E-state index in [1.54, 1.807) is 12.3 Å². The van der Waals surface area contributed by atoms with Crippen molar-refractivity contribution in [3.63, 3.8) is 0 Å². The molecule has 0 bridgehead atoms. The van der Waals surface area contributed by atoms with Crippen molar-refractivity contribution in [1.82, 2.24) is 9.88 Å². The quantitative estimate of drug-likeness (QED) is 0.925. The van der Waals surface area contributed by atoms with Gasteiger partial charge in [0, 0.05) is 49.8 Å². The molecule has 1 aromatic carbocycles. The summed E-state index contributed by atoms with van der Waals surface area (Å²) in [7, 11) is 0. The van der Waals surface area contributed by atoms with E-state index in [1.165, 1.54) is 6.07 Å². The third-order valence-corrected chi connectivity index (χ3v) is 4.34. The van der Waals surface area contributed by atoms with E-state index < -0.39 is 17.5 Å². The summed E-state index contributed by atoms with van der Waals surface area (Å²) in [6, 6.07) is 6.82. The molecule has 132 valence electrons. The van der Waals surface area contributed by atoms with E-state index in [0.29, 0.717) is 0 Å². The van der Waals surface area contributed by atoms with E-state index in [1.807, 2.05) is 6.07 Å². The third-order valence-electron chi connectivity index (χ3n) is 4.34. The number of rotatable bonds is 4. The molecule has 0 saturated carbocycles. The SMILES string of the molecule is CCN1CCN(c2ccnc(C(=O)Nc3ccc(F)c(F)c3)c2)CC1. The van der Waals surface area contributed by atoms with Gasteiger partial charge in [-0.05, 0) is 30.8 Å². The Hall–Kier alpha value is -2.54. The van der Waals surface area contributed by atoms with Crippen molar-refractivity contribution in [3.8, 4) is 0 Å². The molecule has 2 aromatic rings. The number of nitrogens with zero attached hydrogens (tertiary/aromatic N) is 3. The highest BCUT2D eigenvalue weighted by molar-refractivity contribution is 6.03. The first-order valence-electron chi connectivity index (χ1n) is 8.26. The number of carbonyl (C=O) groups is 1. The maximum Gasteiger partial charge on any atom is 0.274 e. The number of halogens is 2. The van der Waals surface area contributed by atoms with Gasteiger partial charge in [-0.2, -0.15) is 0 Å². The topological polar surface area (TPSA) is 48.5 Å². The van der Waals surface area contributed by atoms with Crippen molar-refractivity contribution in [2.45, 2.75) is 6.92 Å². The van der Waals surface area contributed by atoms with Gasteiger partial charge in [0.2, 0.25) is 0 Å². The molecule has 3 rings (SSSR count). The monoisotopic (exact) mass is 346 g/mol. The number of hydrogen-bond acceptors (Lipinski definition) is 4. The Balaban J connectivity index is 1.70. The molecule has 1 fully saturated rings. The zero-order valence-electron chi connectivity index (χ0n) is 14.0. The molecule has 1 amide bonds. The Morgan fingerprint density at radius 2 is 1.88 bits per heavy atom. The highest BCUT2D eigenvalue weighted by Crippen LogP contribution is 2.18. The first-order chi connectivity index (χ1) is 12.1. The van der Waals surface area contributed by atoms with Crippen molar-refractivity contribution in [3.05, 3.63) is 53.9 Å². The number of aromatic nitrogens is 1. The van der Waals surface area contributed by atoms with Gasteiger partial charge in [0.25, 0.3) is 5.91 Å². The number of anilines is 2. The van der Waals surface area contributed by atoms with Crippen molar-refractivity contribution in [2.24, 2.45) is 0 Å². The summed E-state index contributed by atoms with van der Waals surface area (Å²) in [6.07, 6.45) is 1.59. The number of benzene rings is 1. The molecule has 7 heteroatoms. The molecule has 0 unspecified atom stereocenters. The summed E-state index contributed by atoms with van der Waals surface area (Å²) in [5.74, 6) is -2.42. The Morgan fingerprint density at radius 3 is 2.56 bits per heavy atom. The van der Waals surface area contributed by atoms with Gasteiger partial charge in [0.1, 0.15) is 5.69 Å². The van der Waals surface area contributed by atoms with Crippen LogP contribution in [0.1, 0.15) is 17.4 Å². The Bertz CT molecular complexity index is 760. The number of carbonyl (C=O) groups excluding carboxylic acids is 1. The van der Waals surface area contributed by atoms with Crippen LogP contribution in [0.15, 0.2) is 36.5 Å². The lowest BCUT2D eigenvalue weighted by atomic mass is 10.2. The van der Waals surface area contributed by atoms with Gasteiger partial charge in [-0.25, -0.2) is 8.78 Å². The van der Waals surface area contributed by atoms with Crippen molar-refractivity contribution in [1.29, 1.82) is 0 Å². The Morgan fingerprint density at radius 1 is 1.12 bits per heavy atom. The minimum Gasteiger partial charge on any atom is -0.369 e. The fourth-order valence-electron chi connectivity index (χ4n) is 2.83. The van der Waals surface area contributed by atoms with E-state index in [2.05, 4.69) is 27.0 Å². The van der Waals surface area contributed by atoms with Crippen LogP contribution >= 0.6 is 0 Å². The molecule has 2 heterocycles. The van der Waals surface area contributed by atoms with Gasteiger partial charge >= 0.3 is 0 Å². The van der Waals surface area contributed by atoms with Crippen molar-refractivity contribution < 1.29 is 13.6 Å². The number of hydrogen-bond donors (Lipinski definition) is 1. The van der Waals surface area contributed by atoms with Crippen molar-refractivity contribution in [2.75, 3.05) is 42.9 Å². The molecular formula is C18H20F2N4O. The highest BCUT2D eigenvalue weighted by atomic mass is 19.2. The number of likely N-dealkylation sites (N-methyl/N-ethyl adjacent to an activating group) is 1. The van der Waals surface area contributed by atoms with Gasteiger partial charge in [0.15, 0.2) is 11.6 Å². The molecule has 0 atom stereocenters. The number of amides is 1. The first kappa shape index (κ1) is 17.3. The normalized spacial score (nSPS) is 15.2. The average Bonchev–Trinajstić information content (AvgIpc) is 2.65. The van der Waals surface area contributed by atoms with Crippen LogP contribution in [0.25, 0.3) is 0 Å². The van der Waals surface area contributed by atoms with Crippen LogP contribution in [0.4, 0.5) is 20.2 Å². The van der Waals surface area contributed by atoms with E-state index in [9.17, 15) is 13.6 Å². The standard InChI is InChI=1S/C18H20F2N4O/c1-2-23-7-9-24(10-8-23)14-5-6-21-17(12-14)18(25)22-13-3-4-15(19)16(20)11-13/h3-6,11-12H,2,7-10H2,1H3,(H,22,25). The van der Waals surface area contributed by atoms with Crippen LogP contribution in [0.2, 0.25) is 0 Å².